The Morgan fingerprint density at radius 2 is 1.96 bits per heavy atom. The van der Waals surface area contributed by atoms with Crippen molar-refractivity contribution in [2.45, 2.75) is 5.41 Å². The van der Waals surface area contributed by atoms with Crippen LogP contribution in [0.3, 0.4) is 0 Å². The van der Waals surface area contributed by atoms with Crippen LogP contribution in [0.15, 0.2) is 48.6 Å². The van der Waals surface area contributed by atoms with Crippen LogP contribution in [0.5, 0.6) is 5.88 Å². The van der Waals surface area contributed by atoms with E-state index in [9.17, 15) is 9.59 Å². The molecule has 1 saturated heterocycles. The zero-order chi connectivity index (χ0) is 16.0. The standard InChI is InChI=1S/C17H13N3O3/c1-23-13-8-6-10-5-7-12(18-14(10)19-13)17-9-3-2-4-11(17)15(21)20-16(17)22/h2-9,11H,1H3,(H,20,21,22). The predicted molar refractivity (Wildman–Crippen MR) is 82.7 cm³/mol. The van der Waals surface area contributed by atoms with Crippen molar-refractivity contribution in [3.8, 4) is 5.88 Å². The number of nitrogens with zero attached hydrogens (tertiary/aromatic N) is 2. The number of amides is 2. The third-order valence-electron chi connectivity index (χ3n) is 4.32. The number of rotatable bonds is 2. The number of aromatic nitrogens is 2. The molecule has 1 N–H and O–H groups in total. The van der Waals surface area contributed by atoms with E-state index in [1.54, 1.807) is 36.4 Å². The van der Waals surface area contributed by atoms with Gasteiger partial charge in [-0.15, -0.1) is 0 Å². The summed E-state index contributed by atoms with van der Waals surface area (Å²) in [6.07, 6.45) is 6.99. The Bertz CT molecular complexity index is 903. The first-order valence-electron chi connectivity index (χ1n) is 7.19. The van der Waals surface area contributed by atoms with E-state index in [0.29, 0.717) is 17.2 Å². The molecule has 2 aromatic rings. The molecule has 2 amide bonds. The summed E-state index contributed by atoms with van der Waals surface area (Å²) < 4.78 is 5.12. The van der Waals surface area contributed by atoms with Gasteiger partial charge in [-0.2, -0.15) is 4.98 Å². The summed E-state index contributed by atoms with van der Waals surface area (Å²) >= 11 is 0. The molecule has 1 fully saturated rings. The highest BCUT2D eigenvalue weighted by Crippen LogP contribution is 2.41. The molecule has 6 heteroatoms. The Morgan fingerprint density at radius 1 is 1.13 bits per heavy atom. The summed E-state index contributed by atoms with van der Waals surface area (Å²) in [5, 5.41) is 3.24. The lowest BCUT2D eigenvalue weighted by Gasteiger charge is -2.27. The van der Waals surface area contributed by atoms with Crippen molar-refractivity contribution in [1.29, 1.82) is 0 Å². The molecule has 2 aliphatic rings. The summed E-state index contributed by atoms with van der Waals surface area (Å²) in [5.74, 6) is -0.809. The fraction of sp³-hybridized carbons (Fsp3) is 0.176. The molecule has 1 aliphatic heterocycles. The quantitative estimate of drug-likeness (QED) is 0.845. The predicted octanol–water partition coefficient (Wildman–Crippen LogP) is 1.27. The molecule has 6 nitrogen and oxygen atoms in total. The largest absolute Gasteiger partial charge is 0.481 e. The van der Waals surface area contributed by atoms with Gasteiger partial charge in [0.2, 0.25) is 17.7 Å². The first-order valence-corrected chi connectivity index (χ1v) is 7.19. The third-order valence-corrected chi connectivity index (χ3v) is 4.32. The Kier molecular flexibility index (Phi) is 2.81. The molecule has 1 aliphatic carbocycles. The second-order valence-electron chi connectivity index (χ2n) is 5.51. The van der Waals surface area contributed by atoms with Crippen LogP contribution in [-0.2, 0) is 15.0 Å². The number of carbonyl (C=O) groups is 2. The Labute approximate surface area is 131 Å². The van der Waals surface area contributed by atoms with Crippen LogP contribution in [0.25, 0.3) is 11.0 Å². The van der Waals surface area contributed by atoms with Gasteiger partial charge in [0.25, 0.3) is 0 Å². The molecule has 4 rings (SSSR count). The summed E-state index contributed by atoms with van der Waals surface area (Å²) in [4.78, 5) is 33.4. The normalized spacial score (nSPS) is 25.5. The molecule has 0 radical (unpaired) electrons. The van der Waals surface area contributed by atoms with E-state index in [4.69, 9.17) is 4.74 Å². The molecule has 3 heterocycles. The third kappa shape index (κ3) is 1.81. The lowest BCUT2D eigenvalue weighted by Crippen LogP contribution is -2.39. The van der Waals surface area contributed by atoms with Gasteiger partial charge >= 0.3 is 0 Å². The van der Waals surface area contributed by atoms with Crippen LogP contribution >= 0.6 is 0 Å². The van der Waals surface area contributed by atoms with Gasteiger partial charge in [0.1, 0.15) is 5.41 Å². The summed E-state index contributed by atoms with van der Waals surface area (Å²) in [6.45, 7) is 0. The smallest absolute Gasteiger partial charge is 0.243 e. The van der Waals surface area contributed by atoms with Gasteiger partial charge in [-0.3, -0.25) is 14.9 Å². The molecule has 2 aromatic heterocycles. The molecule has 0 bridgehead atoms. The number of nitrogens with one attached hydrogen (secondary N) is 1. The van der Waals surface area contributed by atoms with Crippen LogP contribution in [0.1, 0.15) is 5.69 Å². The minimum absolute atomic E-state index is 0.309. The molecular formula is C17H13N3O3. The van der Waals surface area contributed by atoms with E-state index >= 15 is 0 Å². The van der Waals surface area contributed by atoms with Crippen LogP contribution in [-0.4, -0.2) is 28.9 Å². The van der Waals surface area contributed by atoms with Crippen molar-refractivity contribution in [3.63, 3.8) is 0 Å². The number of methoxy groups -OCH3 is 1. The fourth-order valence-corrected chi connectivity index (χ4v) is 3.13. The van der Waals surface area contributed by atoms with Gasteiger partial charge in [-0.05, 0) is 18.2 Å². The molecule has 23 heavy (non-hydrogen) atoms. The van der Waals surface area contributed by atoms with Crippen molar-refractivity contribution in [2.75, 3.05) is 7.11 Å². The van der Waals surface area contributed by atoms with Crippen LogP contribution in [0.2, 0.25) is 0 Å². The van der Waals surface area contributed by atoms with E-state index in [0.717, 1.165) is 5.39 Å². The maximum atomic E-state index is 12.5. The monoisotopic (exact) mass is 307 g/mol. The number of ether oxygens (including phenoxy) is 1. The lowest BCUT2D eigenvalue weighted by atomic mass is 9.72. The van der Waals surface area contributed by atoms with Gasteiger partial charge in [-0.1, -0.05) is 24.3 Å². The van der Waals surface area contributed by atoms with E-state index in [1.165, 1.54) is 7.11 Å². The van der Waals surface area contributed by atoms with E-state index in [1.807, 2.05) is 12.1 Å². The first-order chi connectivity index (χ1) is 11.1. The van der Waals surface area contributed by atoms with Crippen LogP contribution < -0.4 is 10.1 Å². The molecule has 114 valence electrons. The minimum Gasteiger partial charge on any atom is -0.481 e. The van der Waals surface area contributed by atoms with Crippen molar-refractivity contribution in [2.24, 2.45) is 5.92 Å². The molecule has 2 unspecified atom stereocenters. The van der Waals surface area contributed by atoms with Crippen molar-refractivity contribution in [3.05, 3.63) is 54.3 Å². The molecule has 2 atom stereocenters. The summed E-state index contributed by atoms with van der Waals surface area (Å²) in [7, 11) is 1.53. The van der Waals surface area contributed by atoms with Gasteiger partial charge < -0.3 is 4.74 Å². The van der Waals surface area contributed by atoms with Crippen molar-refractivity contribution < 1.29 is 14.3 Å². The molecular weight excluding hydrogens is 294 g/mol. The highest BCUT2D eigenvalue weighted by Gasteiger charge is 2.55. The van der Waals surface area contributed by atoms with E-state index < -0.39 is 11.3 Å². The minimum atomic E-state index is -1.11. The Balaban J connectivity index is 1.93. The number of imide groups is 1. The topological polar surface area (TPSA) is 81.2 Å². The fourth-order valence-electron chi connectivity index (χ4n) is 3.13. The molecule has 0 aromatic carbocycles. The zero-order valence-electron chi connectivity index (χ0n) is 12.3. The number of pyridine rings is 2. The zero-order valence-corrected chi connectivity index (χ0v) is 12.3. The molecule has 0 saturated carbocycles. The lowest BCUT2D eigenvalue weighted by molar-refractivity contribution is -0.126. The highest BCUT2D eigenvalue weighted by atomic mass is 16.5. The number of carbonyl (C=O) groups excluding carboxylic acids is 2. The van der Waals surface area contributed by atoms with Crippen LogP contribution in [0.4, 0.5) is 0 Å². The van der Waals surface area contributed by atoms with Gasteiger partial charge in [-0.25, -0.2) is 4.98 Å². The van der Waals surface area contributed by atoms with Crippen molar-refractivity contribution >= 4 is 22.8 Å². The molecule has 0 spiro atoms. The first kappa shape index (κ1) is 13.6. The Hall–Kier alpha value is -3.02. The van der Waals surface area contributed by atoms with E-state index in [-0.39, 0.29) is 11.8 Å². The van der Waals surface area contributed by atoms with Crippen LogP contribution in [0, 0.1) is 5.92 Å². The van der Waals surface area contributed by atoms with Gasteiger partial charge in [0.15, 0.2) is 5.65 Å². The highest BCUT2D eigenvalue weighted by molar-refractivity contribution is 6.12. The second-order valence-corrected chi connectivity index (χ2v) is 5.51. The van der Waals surface area contributed by atoms with Gasteiger partial charge in [0, 0.05) is 11.5 Å². The second kappa shape index (κ2) is 4.74. The van der Waals surface area contributed by atoms with E-state index in [2.05, 4.69) is 15.3 Å². The maximum Gasteiger partial charge on any atom is 0.243 e. The van der Waals surface area contributed by atoms with Gasteiger partial charge in [0.05, 0.1) is 18.7 Å². The number of hydrogen-bond acceptors (Lipinski definition) is 5. The summed E-state index contributed by atoms with van der Waals surface area (Å²) in [6, 6.07) is 7.22. The number of fused-ring (bicyclic) bond motifs is 2. The SMILES string of the molecule is COc1ccc2ccc(C34C=CC=CC3C(=O)NC4=O)nc2n1. The van der Waals surface area contributed by atoms with Crippen molar-refractivity contribution in [1.82, 2.24) is 15.3 Å². The average Bonchev–Trinajstić information content (AvgIpc) is 2.86. The number of allylic oxidation sites excluding steroid dienone is 2. The number of hydrogen-bond donors (Lipinski definition) is 1. The Morgan fingerprint density at radius 3 is 2.78 bits per heavy atom. The maximum absolute atomic E-state index is 12.5. The average molecular weight is 307 g/mol. The summed E-state index contributed by atoms with van der Waals surface area (Å²) in [5.41, 5.74) is -0.130.